The summed E-state index contributed by atoms with van der Waals surface area (Å²) in [7, 11) is -3.50. The van der Waals surface area contributed by atoms with Gasteiger partial charge in [0.05, 0.1) is 22.8 Å². The Morgan fingerprint density at radius 2 is 2.11 bits per heavy atom. The van der Waals surface area contributed by atoms with E-state index in [1.54, 1.807) is 6.07 Å². The average Bonchev–Trinajstić information content (AvgIpc) is 2.35. The van der Waals surface area contributed by atoms with Crippen LogP contribution in [0.2, 0.25) is 0 Å². The molecule has 1 amide bonds. The molecule has 0 saturated heterocycles. The van der Waals surface area contributed by atoms with Gasteiger partial charge in [0, 0.05) is 6.54 Å². The Morgan fingerprint density at radius 1 is 1.33 bits per heavy atom. The monoisotopic (exact) mass is 269 g/mol. The van der Waals surface area contributed by atoms with Crippen molar-refractivity contribution < 1.29 is 13.2 Å². The molecule has 7 heteroatoms. The third-order valence-electron chi connectivity index (χ3n) is 2.56. The van der Waals surface area contributed by atoms with E-state index in [0.29, 0.717) is 12.2 Å². The van der Waals surface area contributed by atoms with Crippen molar-refractivity contribution in [3.05, 3.63) is 18.2 Å². The first-order valence-electron chi connectivity index (χ1n) is 5.70. The van der Waals surface area contributed by atoms with E-state index in [-0.39, 0.29) is 17.3 Å². The van der Waals surface area contributed by atoms with Crippen LogP contribution in [0.15, 0.2) is 23.1 Å². The van der Waals surface area contributed by atoms with Crippen LogP contribution in [0.5, 0.6) is 0 Å². The van der Waals surface area contributed by atoms with Gasteiger partial charge in [0.15, 0.2) is 0 Å². The van der Waals surface area contributed by atoms with Gasteiger partial charge in [-0.3, -0.25) is 4.79 Å². The molecule has 3 N–H and O–H groups in total. The highest BCUT2D eigenvalue weighted by Gasteiger charge is 2.19. The lowest BCUT2D eigenvalue weighted by molar-refractivity contribution is -0.114. The molecule has 1 aliphatic rings. The first-order chi connectivity index (χ1) is 8.53. The second-order valence-corrected chi connectivity index (χ2v) is 5.77. The summed E-state index contributed by atoms with van der Waals surface area (Å²) in [5.74, 6) is -0.182. The standard InChI is InChI=1S/C11H15N3O3S/c1-2-5-13-18(16,17)8-3-4-9-10(6-8)14-11(15)7-12-9/h3-4,6,12-13H,2,5,7H2,1H3,(H,14,15). The normalized spacial score (nSPS) is 14.6. The Kier molecular flexibility index (Phi) is 3.53. The first-order valence-corrected chi connectivity index (χ1v) is 7.18. The minimum atomic E-state index is -3.50. The van der Waals surface area contributed by atoms with E-state index in [1.807, 2.05) is 6.92 Å². The summed E-state index contributed by atoms with van der Waals surface area (Å²) in [6.45, 7) is 2.48. The number of benzene rings is 1. The molecule has 1 aromatic rings. The minimum absolute atomic E-state index is 0.152. The van der Waals surface area contributed by atoms with E-state index in [0.717, 1.165) is 12.1 Å². The highest BCUT2D eigenvalue weighted by atomic mass is 32.2. The summed E-state index contributed by atoms with van der Waals surface area (Å²) in [6.07, 6.45) is 0.725. The minimum Gasteiger partial charge on any atom is -0.374 e. The summed E-state index contributed by atoms with van der Waals surface area (Å²) in [5, 5.41) is 5.54. The van der Waals surface area contributed by atoms with Gasteiger partial charge < -0.3 is 10.6 Å². The van der Waals surface area contributed by atoms with Crippen molar-refractivity contribution in [3.8, 4) is 0 Å². The van der Waals surface area contributed by atoms with Crippen LogP contribution in [0.3, 0.4) is 0 Å². The Balaban J connectivity index is 2.31. The van der Waals surface area contributed by atoms with Crippen LogP contribution >= 0.6 is 0 Å². The Hall–Kier alpha value is -1.60. The van der Waals surface area contributed by atoms with Gasteiger partial charge in [0.1, 0.15) is 0 Å². The molecule has 18 heavy (non-hydrogen) atoms. The Morgan fingerprint density at radius 3 is 2.83 bits per heavy atom. The molecule has 0 unspecified atom stereocenters. The molecule has 0 radical (unpaired) electrons. The number of hydrogen-bond acceptors (Lipinski definition) is 4. The number of sulfonamides is 1. The number of fused-ring (bicyclic) bond motifs is 1. The van der Waals surface area contributed by atoms with Crippen molar-refractivity contribution in [1.29, 1.82) is 0 Å². The molecule has 1 aromatic carbocycles. The van der Waals surface area contributed by atoms with Crippen molar-refractivity contribution in [2.45, 2.75) is 18.2 Å². The maximum absolute atomic E-state index is 11.9. The van der Waals surface area contributed by atoms with Gasteiger partial charge >= 0.3 is 0 Å². The zero-order chi connectivity index (χ0) is 13.2. The lowest BCUT2D eigenvalue weighted by atomic mass is 10.2. The summed E-state index contributed by atoms with van der Waals surface area (Å²) in [4.78, 5) is 11.4. The fourth-order valence-electron chi connectivity index (χ4n) is 1.64. The zero-order valence-electron chi connectivity index (χ0n) is 9.99. The molecule has 1 heterocycles. The van der Waals surface area contributed by atoms with Gasteiger partial charge in [0.25, 0.3) is 0 Å². The van der Waals surface area contributed by atoms with Crippen molar-refractivity contribution in [2.24, 2.45) is 0 Å². The fourth-order valence-corrected chi connectivity index (χ4v) is 2.80. The fraction of sp³-hybridized carbons (Fsp3) is 0.364. The quantitative estimate of drug-likeness (QED) is 0.752. The van der Waals surface area contributed by atoms with Gasteiger partial charge in [0.2, 0.25) is 15.9 Å². The topological polar surface area (TPSA) is 87.3 Å². The molecule has 0 bridgehead atoms. The molecule has 0 aliphatic carbocycles. The van der Waals surface area contributed by atoms with Gasteiger partial charge in [-0.1, -0.05) is 6.92 Å². The summed E-state index contributed by atoms with van der Waals surface area (Å²) in [5.41, 5.74) is 1.22. The molecule has 0 saturated carbocycles. The molecule has 98 valence electrons. The molecule has 0 aromatic heterocycles. The molecular formula is C11H15N3O3S. The van der Waals surface area contributed by atoms with Crippen LogP contribution < -0.4 is 15.4 Å². The Labute approximate surface area is 106 Å². The third kappa shape index (κ3) is 2.62. The van der Waals surface area contributed by atoms with Crippen molar-refractivity contribution in [3.63, 3.8) is 0 Å². The number of carbonyl (C=O) groups is 1. The molecule has 0 fully saturated rings. The van der Waals surface area contributed by atoms with E-state index >= 15 is 0 Å². The summed E-state index contributed by atoms with van der Waals surface area (Å²) < 4.78 is 26.3. The number of anilines is 2. The van der Waals surface area contributed by atoms with E-state index in [4.69, 9.17) is 0 Å². The van der Waals surface area contributed by atoms with E-state index in [2.05, 4.69) is 15.4 Å². The lowest BCUT2D eigenvalue weighted by Crippen LogP contribution is -2.28. The van der Waals surface area contributed by atoms with Crippen LogP contribution in [-0.4, -0.2) is 27.4 Å². The predicted molar refractivity (Wildman–Crippen MR) is 69.0 cm³/mol. The molecule has 0 atom stereocenters. The molecular weight excluding hydrogens is 254 g/mol. The molecule has 0 spiro atoms. The predicted octanol–water partition coefficient (Wildman–Crippen LogP) is 0.739. The molecule has 6 nitrogen and oxygen atoms in total. The van der Waals surface area contributed by atoms with Crippen LogP contribution in [0.4, 0.5) is 11.4 Å². The van der Waals surface area contributed by atoms with Crippen molar-refractivity contribution in [2.75, 3.05) is 23.7 Å². The summed E-state index contributed by atoms with van der Waals surface area (Å²) >= 11 is 0. The number of amides is 1. The number of hydrogen-bond donors (Lipinski definition) is 3. The number of rotatable bonds is 4. The first kappa shape index (κ1) is 12.8. The number of nitrogens with one attached hydrogen (secondary N) is 3. The largest absolute Gasteiger partial charge is 0.374 e. The molecule has 2 rings (SSSR count). The van der Waals surface area contributed by atoms with E-state index < -0.39 is 10.0 Å². The average molecular weight is 269 g/mol. The highest BCUT2D eigenvalue weighted by molar-refractivity contribution is 7.89. The van der Waals surface area contributed by atoms with Gasteiger partial charge in [-0.15, -0.1) is 0 Å². The van der Waals surface area contributed by atoms with E-state index in [1.165, 1.54) is 12.1 Å². The van der Waals surface area contributed by atoms with Crippen LogP contribution in [-0.2, 0) is 14.8 Å². The maximum atomic E-state index is 11.9. The third-order valence-corrected chi connectivity index (χ3v) is 4.02. The number of carbonyl (C=O) groups excluding carboxylic acids is 1. The van der Waals surface area contributed by atoms with Gasteiger partial charge in [-0.25, -0.2) is 13.1 Å². The lowest BCUT2D eigenvalue weighted by Gasteiger charge is -2.19. The zero-order valence-corrected chi connectivity index (χ0v) is 10.8. The SMILES string of the molecule is CCCNS(=O)(=O)c1ccc2c(c1)NC(=O)CN2. The van der Waals surface area contributed by atoms with E-state index in [9.17, 15) is 13.2 Å². The van der Waals surface area contributed by atoms with Crippen molar-refractivity contribution >= 4 is 27.3 Å². The second-order valence-electron chi connectivity index (χ2n) is 4.01. The second kappa shape index (κ2) is 4.95. The Bertz CT molecular complexity index is 569. The smallest absolute Gasteiger partial charge is 0.243 e. The highest BCUT2D eigenvalue weighted by Crippen LogP contribution is 2.27. The van der Waals surface area contributed by atoms with Gasteiger partial charge in [-0.2, -0.15) is 0 Å². The van der Waals surface area contributed by atoms with Crippen molar-refractivity contribution in [1.82, 2.24) is 4.72 Å². The van der Waals surface area contributed by atoms with Crippen LogP contribution in [0.1, 0.15) is 13.3 Å². The summed E-state index contributed by atoms with van der Waals surface area (Å²) in [6, 6.07) is 4.62. The molecule has 1 aliphatic heterocycles. The van der Waals surface area contributed by atoms with Gasteiger partial charge in [-0.05, 0) is 24.6 Å². The van der Waals surface area contributed by atoms with Crippen LogP contribution in [0.25, 0.3) is 0 Å². The van der Waals surface area contributed by atoms with Crippen LogP contribution in [0, 0.1) is 0 Å². The maximum Gasteiger partial charge on any atom is 0.243 e.